The van der Waals surface area contributed by atoms with Gasteiger partial charge in [-0.3, -0.25) is 4.68 Å². The number of carbonyl (C=O) groups is 1. The molecule has 1 N–H and O–H groups in total. The fraction of sp³-hybridized carbons (Fsp3) is 0.533. The van der Waals surface area contributed by atoms with Crippen molar-refractivity contribution in [1.82, 2.24) is 14.8 Å². The lowest BCUT2D eigenvalue weighted by Crippen LogP contribution is -2.29. The zero-order valence-corrected chi connectivity index (χ0v) is 12.2. The zero-order valence-electron chi connectivity index (χ0n) is 12.2. The van der Waals surface area contributed by atoms with E-state index in [1.54, 1.807) is 17.9 Å². The molecule has 0 aliphatic heterocycles. The SMILES string of the molecule is CC1CCCCC1Oc1c(C(=O)O)cnc2c1cnn2C. The number of aromatic nitrogens is 3. The van der Waals surface area contributed by atoms with Crippen molar-refractivity contribution in [1.29, 1.82) is 0 Å². The monoisotopic (exact) mass is 289 g/mol. The standard InChI is InChI=1S/C15H19N3O3/c1-9-5-3-4-6-12(9)21-13-10-8-17-18(2)14(10)16-7-11(13)15(19)20/h7-9,12H,3-6H2,1-2H3,(H,19,20). The first-order valence-corrected chi connectivity index (χ1v) is 7.28. The number of aromatic carboxylic acids is 1. The molecule has 6 heteroatoms. The largest absolute Gasteiger partial charge is 0.488 e. The number of ether oxygens (including phenoxy) is 1. The Bertz CT molecular complexity index is 680. The number of nitrogens with zero attached hydrogens (tertiary/aromatic N) is 3. The predicted molar refractivity (Wildman–Crippen MR) is 77.5 cm³/mol. The number of carboxylic acid groups (broad SMARTS) is 1. The van der Waals surface area contributed by atoms with Gasteiger partial charge in [0.2, 0.25) is 0 Å². The number of pyridine rings is 1. The third kappa shape index (κ3) is 2.46. The summed E-state index contributed by atoms with van der Waals surface area (Å²) in [5.74, 6) is -0.189. The van der Waals surface area contributed by atoms with Gasteiger partial charge >= 0.3 is 5.97 Å². The Morgan fingerprint density at radius 3 is 2.86 bits per heavy atom. The Morgan fingerprint density at radius 1 is 1.38 bits per heavy atom. The quantitative estimate of drug-likeness (QED) is 0.939. The zero-order chi connectivity index (χ0) is 15.0. The van der Waals surface area contributed by atoms with E-state index >= 15 is 0 Å². The van der Waals surface area contributed by atoms with Gasteiger partial charge < -0.3 is 9.84 Å². The molecule has 1 saturated carbocycles. The molecule has 0 radical (unpaired) electrons. The van der Waals surface area contributed by atoms with Gasteiger partial charge in [0.25, 0.3) is 0 Å². The Balaban J connectivity index is 2.05. The molecule has 1 fully saturated rings. The average Bonchev–Trinajstić information content (AvgIpc) is 2.83. The number of rotatable bonds is 3. The van der Waals surface area contributed by atoms with E-state index in [-0.39, 0.29) is 11.7 Å². The van der Waals surface area contributed by atoms with Crippen LogP contribution in [0.15, 0.2) is 12.4 Å². The summed E-state index contributed by atoms with van der Waals surface area (Å²) in [5.41, 5.74) is 0.742. The normalized spacial score (nSPS) is 22.4. The third-order valence-electron chi connectivity index (χ3n) is 4.25. The highest BCUT2D eigenvalue weighted by molar-refractivity contribution is 5.97. The fourth-order valence-corrected chi connectivity index (χ4v) is 2.96. The number of hydrogen-bond acceptors (Lipinski definition) is 4. The van der Waals surface area contributed by atoms with Crippen molar-refractivity contribution in [2.24, 2.45) is 13.0 Å². The van der Waals surface area contributed by atoms with Gasteiger partial charge in [0.05, 0.1) is 11.6 Å². The summed E-state index contributed by atoms with van der Waals surface area (Å²) in [7, 11) is 1.78. The van der Waals surface area contributed by atoms with Crippen LogP contribution < -0.4 is 4.74 Å². The second-order valence-corrected chi connectivity index (χ2v) is 5.73. The maximum Gasteiger partial charge on any atom is 0.341 e. The minimum absolute atomic E-state index is 0.0580. The maximum atomic E-state index is 11.4. The van der Waals surface area contributed by atoms with Crippen LogP contribution in [-0.2, 0) is 7.05 Å². The first-order chi connectivity index (χ1) is 10.1. The van der Waals surface area contributed by atoms with Gasteiger partial charge in [0.15, 0.2) is 5.65 Å². The lowest BCUT2D eigenvalue weighted by atomic mass is 9.88. The van der Waals surface area contributed by atoms with Gasteiger partial charge in [-0.1, -0.05) is 13.3 Å². The third-order valence-corrected chi connectivity index (χ3v) is 4.25. The van der Waals surface area contributed by atoms with Gasteiger partial charge in [-0.2, -0.15) is 5.10 Å². The Labute approximate surface area is 122 Å². The second-order valence-electron chi connectivity index (χ2n) is 5.73. The molecule has 2 unspecified atom stereocenters. The summed E-state index contributed by atoms with van der Waals surface area (Å²) in [6.07, 6.45) is 7.46. The molecule has 2 aromatic heterocycles. The fourth-order valence-electron chi connectivity index (χ4n) is 2.96. The highest BCUT2D eigenvalue weighted by Crippen LogP contribution is 2.33. The van der Waals surface area contributed by atoms with Gasteiger partial charge in [-0.05, 0) is 25.2 Å². The summed E-state index contributed by atoms with van der Waals surface area (Å²) >= 11 is 0. The van der Waals surface area contributed by atoms with E-state index < -0.39 is 5.97 Å². The molecule has 0 spiro atoms. The first kappa shape index (κ1) is 13.9. The molecule has 1 aliphatic carbocycles. The van der Waals surface area contributed by atoms with Crippen LogP contribution in [0.3, 0.4) is 0 Å². The van der Waals surface area contributed by atoms with Gasteiger partial charge in [0, 0.05) is 13.2 Å². The van der Waals surface area contributed by atoms with Crippen LogP contribution >= 0.6 is 0 Å². The van der Waals surface area contributed by atoms with Crippen LogP contribution in [-0.4, -0.2) is 31.9 Å². The molecule has 0 aromatic carbocycles. The highest BCUT2D eigenvalue weighted by atomic mass is 16.5. The number of aryl methyl sites for hydroxylation is 1. The van der Waals surface area contributed by atoms with E-state index in [2.05, 4.69) is 17.0 Å². The lowest BCUT2D eigenvalue weighted by molar-refractivity contribution is 0.0674. The average molecular weight is 289 g/mol. The summed E-state index contributed by atoms with van der Waals surface area (Å²) in [4.78, 5) is 15.6. The molecule has 6 nitrogen and oxygen atoms in total. The highest BCUT2D eigenvalue weighted by Gasteiger charge is 2.26. The van der Waals surface area contributed by atoms with Crippen molar-refractivity contribution in [3.05, 3.63) is 18.0 Å². The Morgan fingerprint density at radius 2 is 2.14 bits per heavy atom. The van der Waals surface area contributed by atoms with Crippen molar-refractivity contribution in [2.75, 3.05) is 0 Å². The molecule has 1 aliphatic rings. The van der Waals surface area contributed by atoms with Gasteiger partial charge in [-0.15, -0.1) is 0 Å². The van der Waals surface area contributed by atoms with Gasteiger partial charge in [-0.25, -0.2) is 9.78 Å². The Hall–Kier alpha value is -2.11. The van der Waals surface area contributed by atoms with Crippen molar-refractivity contribution in [2.45, 2.75) is 38.7 Å². The molecular formula is C15H19N3O3. The molecule has 112 valence electrons. The molecule has 2 atom stereocenters. The second kappa shape index (κ2) is 5.35. The van der Waals surface area contributed by atoms with Crippen molar-refractivity contribution in [3.8, 4) is 5.75 Å². The summed E-state index contributed by atoms with van der Waals surface area (Å²) in [6.45, 7) is 2.16. The van der Waals surface area contributed by atoms with E-state index in [4.69, 9.17) is 4.74 Å². The Kier molecular flexibility index (Phi) is 3.53. The molecule has 21 heavy (non-hydrogen) atoms. The lowest BCUT2D eigenvalue weighted by Gasteiger charge is -2.29. The van der Waals surface area contributed by atoms with E-state index in [0.29, 0.717) is 22.7 Å². The van der Waals surface area contributed by atoms with E-state index in [1.807, 2.05) is 0 Å². The van der Waals surface area contributed by atoms with Crippen LogP contribution in [0.2, 0.25) is 0 Å². The molecule has 0 saturated heterocycles. The van der Waals surface area contributed by atoms with Crippen LogP contribution in [0.1, 0.15) is 43.0 Å². The van der Waals surface area contributed by atoms with Crippen molar-refractivity contribution >= 4 is 17.0 Å². The van der Waals surface area contributed by atoms with Crippen LogP contribution in [0, 0.1) is 5.92 Å². The van der Waals surface area contributed by atoms with Crippen LogP contribution in [0.4, 0.5) is 0 Å². The molecule has 3 rings (SSSR count). The molecule has 2 heterocycles. The summed E-state index contributed by atoms with van der Waals surface area (Å²) in [5, 5.41) is 14.2. The molecule has 2 aromatic rings. The number of hydrogen-bond donors (Lipinski definition) is 1. The topological polar surface area (TPSA) is 77.2 Å². The summed E-state index contributed by atoms with van der Waals surface area (Å²) < 4.78 is 7.74. The minimum Gasteiger partial charge on any atom is -0.488 e. The van der Waals surface area contributed by atoms with Crippen molar-refractivity contribution < 1.29 is 14.6 Å². The summed E-state index contributed by atoms with van der Waals surface area (Å²) in [6, 6.07) is 0. The van der Waals surface area contributed by atoms with E-state index in [9.17, 15) is 9.90 Å². The number of carboxylic acids is 1. The van der Waals surface area contributed by atoms with Crippen LogP contribution in [0.25, 0.3) is 11.0 Å². The van der Waals surface area contributed by atoms with E-state index in [1.165, 1.54) is 12.6 Å². The molecule has 0 bridgehead atoms. The van der Waals surface area contributed by atoms with Crippen molar-refractivity contribution in [3.63, 3.8) is 0 Å². The predicted octanol–water partition coefficient (Wildman–Crippen LogP) is 2.62. The first-order valence-electron chi connectivity index (χ1n) is 7.28. The maximum absolute atomic E-state index is 11.4. The number of fused-ring (bicyclic) bond motifs is 1. The van der Waals surface area contributed by atoms with E-state index in [0.717, 1.165) is 19.3 Å². The molecule has 0 amide bonds. The smallest absolute Gasteiger partial charge is 0.341 e. The molecular weight excluding hydrogens is 270 g/mol. The van der Waals surface area contributed by atoms with Gasteiger partial charge in [0.1, 0.15) is 17.4 Å². The van der Waals surface area contributed by atoms with Crippen LogP contribution in [0.5, 0.6) is 5.75 Å². The minimum atomic E-state index is -1.02.